The van der Waals surface area contributed by atoms with Crippen LogP contribution in [0.15, 0.2) is 35.4 Å². The third kappa shape index (κ3) is 3.26. The lowest BCUT2D eigenvalue weighted by atomic mass is 10.0. The van der Waals surface area contributed by atoms with Gasteiger partial charge in [-0.2, -0.15) is 10.1 Å². The van der Waals surface area contributed by atoms with E-state index in [-0.39, 0.29) is 29.9 Å². The number of benzene rings is 1. The van der Waals surface area contributed by atoms with Crippen molar-refractivity contribution in [3.8, 4) is 0 Å². The molecule has 0 aliphatic carbocycles. The van der Waals surface area contributed by atoms with Crippen molar-refractivity contribution in [3.63, 3.8) is 0 Å². The lowest BCUT2D eigenvalue weighted by Crippen LogP contribution is -2.27. The minimum absolute atomic E-state index is 0.0183. The summed E-state index contributed by atoms with van der Waals surface area (Å²) in [6, 6.07) is 5.26. The van der Waals surface area contributed by atoms with Crippen molar-refractivity contribution < 1.29 is 13.2 Å². The number of fused-ring (bicyclic) bond motifs is 1. The Labute approximate surface area is 161 Å². The SMILES string of the molecule is Cc1ccc(C(=O)Cn2c(=O)ncc3c2cnn3[C@@H]2CCS(=O)(=O)C2)c(C)c1. The molecule has 4 rings (SSSR count). The Hall–Kier alpha value is -2.81. The van der Waals surface area contributed by atoms with E-state index in [4.69, 9.17) is 0 Å². The predicted molar refractivity (Wildman–Crippen MR) is 104 cm³/mol. The molecule has 1 atom stereocenters. The molecular weight excluding hydrogens is 380 g/mol. The van der Waals surface area contributed by atoms with Gasteiger partial charge < -0.3 is 0 Å². The van der Waals surface area contributed by atoms with Crippen LogP contribution < -0.4 is 5.69 Å². The highest BCUT2D eigenvalue weighted by Gasteiger charge is 2.31. The summed E-state index contributed by atoms with van der Waals surface area (Å²) in [5.41, 5.74) is 2.96. The van der Waals surface area contributed by atoms with Crippen LogP contribution >= 0.6 is 0 Å². The maximum absolute atomic E-state index is 12.8. The number of rotatable bonds is 4. The number of ketones is 1. The fourth-order valence-electron chi connectivity index (χ4n) is 3.75. The van der Waals surface area contributed by atoms with Crippen LogP contribution in [0.3, 0.4) is 0 Å². The van der Waals surface area contributed by atoms with Crippen LogP contribution in [0.1, 0.15) is 33.9 Å². The quantitative estimate of drug-likeness (QED) is 0.614. The van der Waals surface area contributed by atoms with Crippen molar-refractivity contribution in [1.29, 1.82) is 0 Å². The van der Waals surface area contributed by atoms with Gasteiger partial charge >= 0.3 is 5.69 Å². The van der Waals surface area contributed by atoms with E-state index in [1.165, 1.54) is 17.0 Å². The normalized spacial score (nSPS) is 18.6. The van der Waals surface area contributed by atoms with Crippen molar-refractivity contribution >= 4 is 26.7 Å². The minimum atomic E-state index is -3.08. The van der Waals surface area contributed by atoms with E-state index in [0.717, 1.165) is 11.1 Å². The van der Waals surface area contributed by atoms with Gasteiger partial charge in [0.1, 0.15) is 5.52 Å². The van der Waals surface area contributed by atoms with E-state index in [0.29, 0.717) is 23.0 Å². The van der Waals surface area contributed by atoms with Crippen LogP contribution in [0.4, 0.5) is 0 Å². The van der Waals surface area contributed by atoms with Crippen LogP contribution in [0, 0.1) is 13.8 Å². The zero-order chi connectivity index (χ0) is 20.1. The molecule has 1 aliphatic rings. The number of aryl methyl sites for hydroxylation is 2. The van der Waals surface area contributed by atoms with Gasteiger partial charge in [0.15, 0.2) is 15.6 Å². The summed E-state index contributed by atoms with van der Waals surface area (Å²) in [7, 11) is -3.08. The van der Waals surface area contributed by atoms with Gasteiger partial charge in [-0.3, -0.25) is 14.0 Å². The summed E-state index contributed by atoms with van der Waals surface area (Å²) >= 11 is 0. The first kappa shape index (κ1) is 18.5. The zero-order valence-corrected chi connectivity index (χ0v) is 16.4. The van der Waals surface area contributed by atoms with Crippen LogP contribution in [0.5, 0.6) is 0 Å². The highest BCUT2D eigenvalue weighted by Crippen LogP contribution is 2.26. The van der Waals surface area contributed by atoms with Crippen LogP contribution in [-0.2, 0) is 16.4 Å². The number of aromatic nitrogens is 4. The minimum Gasteiger partial charge on any atom is -0.292 e. The van der Waals surface area contributed by atoms with E-state index in [1.807, 2.05) is 26.0 Å². The average Bonchev–Trinajstić information content (AvgIpc) is 3.20. The average molecular weight is 400 g/mol. The van der Waals surface area contributed by atoms with E-state index in [1.54, 1.807) is 10.7 Å². The van der Waals surface area contributed by atoms with E-state index in [2.05, 4.69) is 10.1 Å². The number of hydrogen-bond acceptors (Lipinski definition) is 6. The molecule has 9 heteroatoms. The summed E-state index contributed by atoms with van der Waals surface area (Å²) in [4.78, 5) is 29.0. The molecule has 8 nitrogen and oxygen atoms in total. The van der Waals surface area contributed by atoms with Crippen molar-refractivity contribution in [1.82, 2.24) is 19.3 Å². The van der Waals surface area contributed by atoms with Gasteiger partial charge in [-0.15, -0.1) is 0 Å². The van der Waals surface area contributed by atoms with Gasteiger partial charge in [0.05, 0.1) is 42.0 Å². The molecule has 0 radical (unpaired) electrons. The second kappa shape index (κ2) is 6.66. The van der Waals surface area contributed by atoms with Crippen LogP contribution in [0.25, 0.3) is 11.0 Å². The highest BCUT2D eigenvalue weighted by atomic mass is 32.2. The first-order valence-corrected chi connectivity index (χ1v) is 10.8. The summed E-state index contributed by atoms with van der Waals surface area (Å²) < 4.78 is 26.5. The van der Waals surface area contributed by atoms with Crippen LogP contribution in [-0.4, -0.2) is 45.0 Å². The Morgan fingerprint density at radius 1 is 1.21 bits per heavy atom. The molecule has 28 heavy (non-hydrogen) atoms. The molecule has 1 aliphatic heterocycles. The molecule has 1 saturated heterocycles. The Morgan fingerprint density at radius 2 is 2.00 bits per heavy atom. The molecule has 3 heterocycles. The Morgan fingerprint density at radius 3 is 2.68 bits per heavy atom. The Balaban J connectivity index is 1.72. The smallest absolute Gasteiger partial charge is 0.292 e. The fraction of sp³-hybridized carbons (Fsp3) is 0.368. The number of nitrogens with zero attached hydrogens (tertiary/aromatic N) is 4. The maximum atomic E-state index is 12.8. The fourth-order valence-corrected chi connectivity index (χ4v) is 5.44. The lowest BCUT2D eigenvalue weighted by molar-refractivity contribution is 0.0971. The second-order valence-electron chi connectivity index (χ2n) is 7.28. The second-order valence-corrected chi connectivity index (χ2v) is 9.51. The Bertz CT molecular complexity index is 1260. The first-order chi connectivity index (χ1) is 13.2. The van der Waals surface area contributed by atoms with Crippen molar-refractivity contribution in [2.75, 3.05) is 11.5 Å². The van der Waals surface area contributed by atoms with E-state index in [9.17, 15) is 18.0 Å². The highest BCUT2D eigenvalue weighted by molar-refractivity contribution is 7.91. The standard InChI is InChI=1S/C19H20N4O4S/c1-12-3-4-15(13(2)7-12)18(24)10-22-16-9-21-23(17(16)8-20-19(22)25)14-5-6-28(26,27)11-14/h3-4,7-9,14H,5-6,10-11H2,1-2H3/t14-/m1/s1. The third-order valence-electron chi connectivity index (χ3n) is 5.17. The molecule has 2 aromatic heterocycles. The first-order valence-electron chi connectivity index (χ1n) is 8.99. The van der Waals surface area contributed by atoms with Gasteiger partial charge in [0.25, 0.3) is 0 Å². The number of Topliss-reactive ketones (excluding diaryl/α,β-unsaturated/α-hetero) is 1. The van der Waals surface area contributed by atoms with Gasteiger partial charge in [0, 0.05) is 5.56 Å². The molecule has 3 aromatic rings. The summed E-state index contributed by atoms with van der Waals surface area (Å²) in [5, 5.41) is 4.30. The van der Waals surface area contributed by atoms with E-state index >= 15 is 0 Å². The number of carbonyl (C=O) groups excluding carboxylic acids is 1. The third-order valence-corrected chi connectivity index (χ3v) is 6.92. The molecule has 0 amide bonds. The zero-order valence-electron chi connectivity index (χ0n) is 15.6. The number of sulfone groups is 1. The molecule has 0 spiro atoms. The molecule has 0 N–H and O–H groups in total. The number of hydrogen-bond donors (Lipinski definition) is 0. The molecule has 0 bridgehead atoms. The molecule has 1 fully saturated rings. The van der Waals surface area contributed by atoms with E-state index < -0.39 is 15.5 Å². The topological polar surface area (TPSA) is 104 Å². The monoisotopic (exact) mass is 400 g/mol. The van der Waals surface area contributed by atoms with Gasteiger partial charge in [-0.25, -0.2) is 13.2 Å². The van der Waals surface area contributed by atoms with Gasteiger partial charge in [-0.1, -0.05) is 23.8 Å². The summed E-state index contributed by atoms with van der Waals surface area (Å²) in [6.07, 6.45) is 3.37. The van der Waals surface area contributed by atoms with Crippen molar-refractivity contribution in [3.05, 3.63) is 57.8 Å². The Kier molecular flexibility index (Phi) is 4.41. The maximum Gasteiger partial charge on any atom is 0.348 e. The molecule has 146 valence electrons. The molecule has 1 aromatic carbocycles. The summed E-state index contributed by atoms with van der Waals surface area (Å²) in [6.45, 7) is 3.66. The number of carbonyl (C=O) groups is 1. The predicted octanol–water partition coefficient (Wildman–Crippen LogP) is 1.45. The molecular formula is C19H20N4O4S. The molecule has 0 saturated carbocycles. The van der Waals surface area contributed by atoms with Gasteiger partial charge in [0.2, 0.25) is 0 Å². The van der Waals surface area contributed by atoms with Crippen molar-refractivity contribution in [2.45, 2.75) is 32.9 Å². The van der Waals surface area contributed by atoms with Crippen LogP contribution in [0.2, 0.25) is 0 Å². The van der Waals surface area contributed by atoms with Gasteiger partial charge in [-0.05, 0) is 25.8 Å². The summed E-state index contributed by atoms with van der Waals surface area (Å²) in [5.74, 6) is -0.0492. The molecule has 0 unspecified atom stereocenters. The lowest BCUT2D eigenvalue weighted by Gasteiger charge is -2.11. The van der Waals surface area contributed by atoms with Crippen molar-refractivity contribution in [2.24, 2.45) is 0 Å². The largest absolute Gasteiger partial charge is 0.348 e.